The van der Waals surface area contributed by atoms with Crippen molar-refractivity contribution in [3.05, 3.63) is 64.2 Å². The first-order chi connectivity index (χ1) is 18.4. The van der Waals surface area contributed by atoms with Crippen LogP contribution in [0.1, 0.15) is 54.6 Å². The Labute approximate surface area is 232 Å². The Morgan fingerprint density at radius 2 is 1.72 bits per heavy atom. The van der Waals surface area contributed by atoms with E-state index in [1.54, 1.807) is 25.1 Å². The van der Waals surface area contributed by atoms with E-state index in [9.17, 15) is 22.8 Å². The molecule has 6 nitrogen and oxygen atoms in total. The van der Waals surface area contributed by atoms with E-state index in [0.29, 0.717) is 62.0 Å². The van der Waals surface area contributed by atoms with Crippen molar-refractivity contribution < 1.29 is 32.2 Å². The number of hydrogen-bond acceptors (Lipinski definition) is 5. The van der Waals surface area contributed by atoms with Crippen LogP contribution < -0.4 is 4.74 Å². The molecule has 0 saturated carbocycles. The number of carbonyl (C=O) groups excluding carboxylic acids is 2. The average Bonchev–Trinajstić information content (AvgIpc) is 3.22. The number of nitrogens with zero attached hydrogens (tertiary/aromatic N) is 2. The smallest absolute Gasteiger partial charge is 0.491 e. The Kier molecular flexibility index (Phi) is 8.81. The number of piperidine rings is 1. The summed E-state index contributed by atoms with van der Waals surface area (Å²) in [7, 11) is 0. The lowest BCUT2D eigenvalue weighted by molar-refractivity contribution is -0.217. The molecular weight excluding hydrogens is 533 g/mol. The quantitative estimate of drug-likeness (QED) is 0.371. The van der Waals surface area contributed by atoms with E-state index in [4.69, 9.17) is 21.1 Å². The molecule has 212 valence electrons. The number of ether oxygens (including phenoxy) is 2. The van der Waals surface area contributed by atoms with Crippen LogP contribution >= 0.6 is 11.6 Å². The van der Waals surface area contributed by atoms with Gasteiger partial charge in [0.15, 0.2) is 6.23 Å². The highest BCUT2D eigenvalue weighted by atomic mass is 35.5. The van der Waals surface area contributed by atoms with E-state index < -0.39 is 29.7 Å². The van der Waals surface area contributed by atoms with Crippen LogP contribution in [0, 0.1) is 18.3 Å². The van der Waals surface area contributed by atoms with Gasteiger partial charge in [0.05, 0.1) is 6.61 Å². The minimum Gasteiger partial charge on any atom is -0.493 e. The Morgan fingerprint density at radius 1 is 1.05 bits per heavy atom. The lowest BCUT2D eigenvalue weighted by atomic mass is 9.76. The van der Waals surface area contributed by atoms with Gasteiger partial charge in [-0.2, -0.15) is 13.2 Å². The van der Waals surface area contributed by atoms with Gasteiger partial charge in [0.1, 0.15) is 5.75 Å². The monoisotopic (exact) mass is 566 g/mol. The molecule has 1 spiro atoms. The van der Waals surface area contributed by atoms with E-state index in [2.05, 4.69) is 18.7 Å². The molecule has 0 N–H and O–H groups in total. The highest BCUT2D eigenvalue weighted by Gasteiger charge is 2.55. The van der Waals surface area contributed by atoms with Crippen LogP contribution in [0.5, 0.6) is 5.75 Å². The van der Waals surface area contributed by atoms with Crippen molar-refractivity contribution in [2.75, 3.05) is 26.2 Å². The molecular formula is C29H34ClF3N2O4. The van der Waals surface area contributed by atoms with Gasteiger partial charge in [0.2, 0.25) is 0 Å². The predicted molar refractivity (Wildman–Crippen MR) is 141 cm³/mol. The predicted octanol–water partition coefficient (Wildman–Crippen LogP) is 6.24. The molecule has 1 unspecified atom stereocenters. The van der Waals surface area contributed by atoms with E-state index in [-0.39, 0.29) is 12.1 Å². The lowest BCUT2D eigenvalue weighted by Gasteiger charge is -2.43. The zero-order valence-corrected chi connectivity index (χ0v) is 23.1. The number of halogens is 4. The summed E-state index contributed by atoms with van der Waals surface area (Å²) in [4.78, 5) is 29.0. The van der Waals surface area contributed by atoms with Gasteiger partial charge in [-0.1, -0.05) is 49.7 Å². The summed E-state index contributed by atoms with van der Waals surface area (Å²) in [6.07, 6.45) is -5.07. The minimum absolute atomic E-state index is 0.187. The van der Waals surface area contributed by atoms with Crippen LogP contribution in [0.2, 0.25) is 5.02 Å². The summed E-state index contributed by atoms with van der Waals surface area (Å²) in [5, 5.41) is 0.379. The molecule has 0 radical (unpaired) electrons. The Bertz CT molecular complexity index is 1200. The fourth-order valence-corrected chi connectivity index (χ4v) is 5.57. The summed E-state index contributed by atoms with van der Waals surface area (Å²) in [6.45, 7) is 8.42. The average molecular weight is 567 g/mol. The lowest BCUT2D eigenvalue weighted by Crippen LogP contribution is -2.51. The molecule has 2 heterocycles. The summed E-state index contributed by atoms with van der Waals surface area (Å²) in [6, 6.07) is 12.7. The first-order valence-electron chi connectivity index (χ1n) is 13.2. The zero-order chi connectivity index (χ0) is 28.4. The number of amides is 1. The second-order valence-electron chi connectivity index (χ2n) is 10.9. The van der Waals surface area contributed by atoms with Gasteiger partial charge in [0.25, 0.3) is 5.91 Å². The highest BCUT2D eigenvalue weighted by molar-refractivity contribution is 6.31. The summed E-state index contributed by atoms with van der Waals surface area (Å²) in [5.41, 5.74) is 1.07. The number of esters is 1. The maximum atomic E-state index is 13.5. The Balaban J connectivity index is 1.52. The minimum atomic E-state index is -5.16. The molecule has 2 fully saturated rings. The molecule has 4 rings (SSSR count). The third-order valence-electron chi connectivity index (χ3n) is 7.66. The van der Waals surface area contributed by atoms with Crippen molar-refractivity contribution in [3.63, 3.8) is 0 Å². The first kappa shape index (κ1) is 29.2. The highest BCUT2D eigenvalue weighted by Crippen LogP contribution is 2.47. The zero-order valence-electron chi connectivity index (χ0n) is 22.4. The van der Waals surface area contributed by atoms with Gasteiger partial charge in [-0.15, -0.1) is 0 Å². The standard InChI is InChI=1S/C29H34ClF3N2O4/c1-19(2)18-38-24-10-5-4-7-21(24)17-34-14-11-28(12-15-34)13-16-35(26(28)39-27(37)29(31,32)33)25(36)22-8-6-9-23(30)20(22)3/h4-10,19,26H,11-18H2,1-3H3. The third-order valence-corrected chi connectivity index (χ3v) is 8.07. The van der Waals surface area contributed by atoms with Crippen molar-refractivity contribution in [1.29, 1.82) is 0 Å². The van der Waals surface area contributed by atoms with Crippen LogP contribution in [-0.4, -0.2) is 60.3 Å². The van der Waals surface area contributed by atoms with Crippen LogP contribution in [-0.2, 0) is 16.1 Å². The van der Waals surface area contributed by atoms with Gasteiger partial charge < -0.3 is 14.4 Å². The van der Waals surface area contributed by atoms with Crippen molar-refractivity contribution in [1.82, 2.24) is 9.80 Å². The normalized spacial score (nSPS) is 19.5. The fourth-order valence-electron chi connectivity index (χ4n) is 5.40. The number of likely N-dealkylation sites (tertiary alicyclic amines) is 2. The molecule has 10 heteroatoms. The summed E-state index contributed by atoms with van der Waals surface area (Å²) in [5.74, 6) is -1.58. The molecule has 2 aromatic carbocycles. The summed E-state index contributed by atoms with van der Waals surface area (Å²) >= 11 is 6.20. The van der Waals surface area contributed by atoms with E-state index in [0.717, 1.165) is 11.3 Å². The van der Waals surface area contributed by atoms with E-state index >= 15 is 0 Å². The maximum Gasteiger partial charge on any atom is 0.491 e. The number of alkyl halides is 3. The molecule has 1 atom stereocenters. The number of benzene rings is 2. The van der Waals surface area contributed by atoms with Crippen LogP contribution in [0.15, 0.2) is 42.5 Å². The van der Waals surface area contributed by atoms with E-state index in [1.807, 2.05) is 24.3 Å². The molecule has 39 heavy (non-hydrogen) atoms. The van der Waals surface area contributed by atoms with Crippen molar-refractivity contribution >= 4 is 23.5 Å². The number of rotatable bonds is 7. The molecule has 2 saturated heterocycles. The maximum absolute atomic E-state index is 13.5. The van der Waals surface area contributed by atoms with Gasteiger partial charge in [-0.3, -0.25) is 9.69 Å². The molecule has 0 aliphatic carbocycles. The van der Waals surface area contributed by atoms with Gasteiger partial charge in [0, 0.05) is 34.7 Å². The van der Waals surface area contributed by atoms with Crippen LogP contribution in [0.3, 0.4) is 0 Å². The molecule has 2 aliphatic rings. The van der Waals surface area contributed by atoms with Gasteiger partial charge >= 0.3 is 12.1 Å². The number of para-hydroxylation sites is 1. The summed E-state index contributed by atoms with van der Waals surface area (Å²) < 4.78 is 50.9. The molecule has 0 bridgehead atoms. The van der Waals surface area contributed by atoms with Crippen LogP contribution in [0.4, 0.5) is 13.2 Å². The topological polar surface area (TPSA) is 59.1 Å². The second kappa shape index (κ2) is 11.8. The first-order valence-corrected chi connectivity index (χ1v) is 13.6. The molecule has 0 aromatic heterocycles. The Hall–Kier alpha value is -2.78. The molecule has 1 amide bonds. The van der Waals surface area contributed by atoms with Crippen molar-refractivity contribution in [2.24, 2.45) is 11.3 Å². The largest absolute Gasteiger partial charge is 0.493 e. The van der Waals surface area contributed by atoms with Crippen molar-refractivity contribution in [3.8, 4) is 5.75 Å². The van der Waals surface area contributed by atoms with Gasteiger partial charge in [-0.25, -0.2) is 4.79 Å². The molecule has 2 aliphatic heterocycles. The SMILES string of the molecule is Cc1c(Cl)cccc1C(=O)N1CCC2(CCN(Cc3ccccc3OCC(C)C)CC2)C1OC(=O)C(F)(F)F. The number of carbonyl (C=O) groups is 2. The molecule has 2 aromatic rings. The van der Waals surface area contributed by atoms with Gasteiger partial charge in [-0.05, 0) is 69.0 Å². The number of hydrogen-bond donors (Lipinski definition) is 0. The fraction of sp³-hybridized carbons (Fsp3) is 0.517. The second-order valence-corrected chi connectivity index (χ2v) is 11.3. The Morgan fingerprint density at radius 3 is 2.38 bits per heavy atom. The van der Waals surface area contributed by atoms with E-state index in [1.165, 1.54) is 4.90 Å². The van der Waals surface area contributed by atoms with Crippen molar-refractivity contribution in [2.45, 2.75) is 59.0 Å². The third kappa shape index (κ3) is 6.52. The van der Waals surface area contributed by atoms with Crippen LogP contribution in [0.25, 0.3) is 0 Å².